The van der Waals surface area contributed by atoms with Gasteiger partial charge in [0.2, 0.25) is 0 Å². The van der Waals surface area contributed by atoms with Crippen LogP contribution in [0.2, 0.25) is 0 Å². The summed E-state index contributed by atoms with van der Waals surface area (Å²) in [5.41, 5.74) is 0. The first kappa shape index (κ1) is 7.21. The highest BCUT2D eigenvalue weighted by atomic mass is 32.1. The van der Waals surface area contributed by atoms with Crippen LogP contribution < -0.4 is 0 Å². The normalized spacial score (nSPS) is 11.0. The molecule has 0 aliphatic carbocycles. The average Bonchev–Trinajstić information content (AvgIpc) is 2.46. The molecule has 0 atom stereocenters. The van der Waals surface area contributed by atoms with Gasteiger partial charge in [0.25, 0.3) is 0 Å². The zero-order chi connectivity index (χ0) is 7.68. The number of aromatic nitrogens is 1. The third kappa shape index (κ3) is 1.29. The van der Waals surface area contributed by atoms with Gasteiger partial charge in [-0.25, -0.2) is 4.98 Å². The maximum atomic E-state index is 8.65. The average molecular weight is 185 g/mol. The minimum Gasteiger partial charge on any atom is -0.396 e. The number of rotatable bonds is 2. The lowest BCUT2D eigenvalue weighted by molar-refractivity contribution is 0.299. The molecule has 0 saturated heterocycles. The van der Waals surface area contributed by atoms with Crippen molar-refractivity contribution >= 4 is 32.2 Å². The lowest BCUT2D eigenvalue weighted by Crippen LogP contribution is -1.87. The van der Waals surface area contributed by atoms with E-state index in [9.17, 15) is 0 Å². The van der Waals surface area contributed by atoms with E-state index in [-0.39, 0.29) is 6.61 Å². The molecule has 0 radical (unpaired) electrons. The summed E-state index contributed by atoms with van der Waals surface area (Å²) in [4.78, 5) is 5.44. The van der Waals surface area contributed by atoms with Crippen LogP contribution in [0.4, 0.5) is 0 Å². The van der Waals surface area contributed by atoms with Crippen molar-refractivity contribution < 1.29 is 5.11 Å². The molecule has 0 aliphatic heterocycles. The Morgan fingerprint density at radius 2 is 2.45 bits per heavy atom. The number of fused-ring (bicyclic) bond motifs is 1. The van der Waals surface area contributed by atoms with E-state index < -0.39 is 0 Å². The van der Waals surface area contributed by atoms with Crippen LogP contribution in [0.3, 0.4) is 0 Å². The van der Waals surface area contributed by atoms with Crippen molar-refractivity contribution in [1.82, 2.24) is 4.98 Å². The van der Waals surface area contributed by atoms with Gasteiger partial charge in [-0.2, -0.15) is 0 Å². The van der Waals surface area contributed by atoms with Gasteiger partial charge in [-0.1, -0.05) is 0 Å². The Hall–Kier alpha value is -0.450. The number of aliphatic hydroxyl groups excluding tert-OH is 1. The van der Waals surface area contributed by atoms with Crippen LogP contribution in [0.1, 0.15) is 5.01 Å². The molecule has 0 aliphatic rings. The van der Waals surface area contributed by atoms with Gasteiger partial charge in [0.05, 0.1) is 9.71 Å². The summed E-state index contributed by atoms with van der Waals surface area (Å²) in [7, 11) is 0. The zero-order valence-electron chi connectivity index (χ0n) is 5.78. The van der Waals surface area contributed by atoms with Gasteiger partial charge < -0.3 is 5.11 Å². The molecule has 2 aromatic rings. The van der Waals surface area contributed by atoms with Crippen molar-refractivity contribution in [1.29, 1.82) is 0 Å². The Balaban J connectivity index is 2.42. The molecule has 2 nitrogen and oxygen atoms in total. The minimum absolute atomic E-state index is 0.195. The molecule has 2 aromatic heterocycles. The molecule has 11 heavy (non-hydrogen) atoms. The van der Waals surface area contributed by atoms with Crippen molar-refractivity contribution in [2.24, 2.45) is 0 Å². The monoisotopic (exact) mass is 185 g/mol. The maximum Gasteiger partial charge on any atom is 0.134 e. The summed E-state index contributed by atoms with van der Waals surface area (Å²) in [5.74, 6) is 0. The standard InChI is InChI=1S/C7H7NOS2/c9-3-1-6-8-7-5(11-6)2-4-10-7/h2,4,9H,1,3H2. The SMILES string of the molecule is OCCc1nc2sccc2s1. The number of hydrogen-bond acceptors (Lipinski definition) is 4. The van der Waals surface area contributed by atoms with Crippen LogP contribution in [-0.4, -0.2) is 16.7 Å². The van der Waals surface area contributed by atoms with E-state index in [2.05, 4.69) is 11.1 Å². The van der Waals surface area contributed by atoms with E-state index in [0.29, 0.717) is 6.42 Å². The lowest BCUT2D eigenvalue weighted by Gasteiger charge is -1.85. The predicted molar refractivity (Wildman–Crippen MR) is 48.3 cm³/mol. The summed E-state index contributed by atoms with van der Waals surface area (Å²) in [5, 5.41) is 11.7. The van der Waals surface area contributed by atoms with Crippen LogP contribution in [0.25, 0.3) is 9.53 Å². The first-order valence-electron chi connectivity index (χ1n) is 3.34. The summed E-state index contributed by atoms with van der Waals surface area (Å²) >= 11 is 3.32. The molecule has 0 saturated carbocycles. The Labute approximate surface area is 72.1 Å². The van der Waals surface area contributed by atoms with Crippen LogP contribution in [0.5, 0.6) is 0 Å². The van der Waals surface area contributed by atoms with E-state index in [1.54, 1.807) is 22.7 Å². The molecule has 2 rings (SSSR count). The van der Waals surface area contributed by atoms with Gasteiger partial charge in [0.15, 0.2) is 0 Å². The van der Waals surface area contributed by atoms with E-state index in [1.165, 1.54) is 4.70 Å². The molecule has 0 fully saturated rings. The maximum absolute atomic E-state index is 8.65. The van der Waals surface area contributed by atoms with E-state index >= 15 is 0 Å². The minimum atomic E-state index is 0.195. The van der Waals surface area contributed by atoms with Gasteiger partial charge >= 0.3 is 0 Å². The lowest BCUT2D eigenvalue weighted by atomic mass is 10.5. The number of aliphatic hydroxyl groups is 1. The Morgan fingerprint density at radius 3 is 3.18 bits per heavy atom. The Morgan fingerprint density at radius 1 is 1.55 bits per heavy atom. The van der Waals surface area contributed by atoms with Crippen LogP contribution >= 0.6 is 22.7 Å². The van der Waals surface area contributed by atoms with Crippen molar-refractivity contribution in [3.05, 3.63) is 16.5 Å². The number of thiophene rings is 1. The molecule has 0 bridgehead atoms. The van der Waals surface area contributed by atoms with Crippen LogP contribution in [0.15, 0.2) is 11.4 Å². The number of thiazole rings is 1. The van der Waals surface area contributed by atoms with Gasteiger partial charge in [0.1, 0.15) is 4.83 Å². The molecule has 58 valence electrons. The quantitative estimate of drug-likeness (QED) is 0.775. The summed E-state index contributed by atoms with van der Waals surface area (Å²) in [6.07, 6.45) is 0.687. The summed E-state index contributed by atoms with van der Waals surface area (Å²) < 4.78 is 1.23. The van der Waals surface area contributed by atoms with Crippen molar-refractivity contribution in [3.8, 4) is 0 Å². The third-order valence-electron chi connectivity index (χ3n) is 1.39. The molecule has 1 N–H and O–H groups in total. The highest BCUT2D eigenvalue weighted by Gasteiger charge is 2.02. The fourth-order valence-electron chi connectivity index (χ4n) is 0.914. The Bertz CT molecular complexity index is 323. The highest BCUT2D eigenvalue weighted by Crippen LogP contribution is 2.26. The molecule has 2 heterocycles. The van der Waals surface area contributed by atoms with Crippen molar-refractivity contribution in [2.75, 3.05) is 6.61 Å². The van der Waals surface area contributed by atoms with Crippen LogP contribution in [-0.2, 0) is 6.42 Å². The summed E-state index contributed by atoms with van der Waals surface area (Å²) in [6.45, 7) is 0.195. The van der Waals surface area contributed by atoms with Crippen LogP contribution in [0, 0.1) is 0 Å². The zero-order valence-corrected chi connectivity index (χ0v) is 7.41. The van der Waals surface area contributed by atoms with Crippen molar-refractivity contribution in [2.45, 2.75) is 6.42 Å². The van der Waals surface area contributed by atoms with E-state index in [1.807, 2.05) is 5.38 Å². The molecule has 0 spiro atoms. The predicted octanol–water partition coefficient (Wildman–Crippen LogP) is 1.89. The number of hydrogen-bond donors (Lipinski definition) is 1. The smallest absolute Gasteiger partial charge is 0.134 e. The van der Waals surface area contributed by atoms with E-state index in [4.69, 9.17) is 5.11 Å². The fraction of sp³-hybridized carbons (Fsp3) is 0.286. The fourth-order valence-corrected chi connectivity index (χ4v) is 2.86. The first-order chi connectivity index (χ1) is 5.40. The van der Waals surface area contributed by atoms with Gasteiger partial charge in [-0.15, -0.1) is 22.7 Å². The molecule has 4 heteroatoms. The van der Waals surface area contributed by atoms with E-state index in [0.717, 1.165) is 9.84 Å². The molecular weight excluding hydrogens is 178 g/mol. The van der Waals surface area contributed by atoms with Gasteiger partial charge in [-0.05, 0) is 11.4 Å². The van der Waals surface area contributed by atoms with Gasteiger partial charge in [-0.3, -0.25) is 0 Å². The molecular formula is C7H7NOS2. The topological polar surface area (TPSA) is 33.1 Å². The first-order valence-corrected chi connectivity index (χ1v) is 5.03. The number of nitrogens with zero attached hydrogens (tertiary/aromatic N) is 1. The summed E-state index contributed by atoms with van der Waals surface area (Å²) in [6, 6.07) is 2.07. The second kappa shape index (κ2) is 2.89. The third-order valence-corrected chi connectivity index (χ3v) is 3.41. The molecule has 0 aromatic carbocycles. The largest absolute Gasteiger partial charge is 0.396 e. The second-order valence-corrected chi connectivity index (χ2v) is 4.18. The second-order valence-electron chi connectivity index (χ2n) is 2.17. The van der Waals surface area contributed by atoms with Crippen molar-refractivity contribution in [3.63, 3.8) is 0 Å². The molecule has 0 unspecified atom stereocenters. The van der Waals surface area contributed by atoms with Gasteiger partial charge in [0, 0.05) is 13.0 Å². The highest BCUT2D eigenvalue weighted by molar-refractivity contribution is 7.26. The molecule has 0 amide bonds. The Kier molecular flexibility index (Phi) is 1.89.